The normalized spacial score (nSPS) is 10.8. The highest BCUT2D eigenvalue weighted by atomic mass is 35.5. The Kier molecular flexibility index (Phi) is 3.76. The fourth-order valence-electron chi connectivity index (χ4n) is 2.32. The standard InChI is InChI=1S/C17H16ClN3/c1-12-8-9-14(10-13(12)2)17-20-19-16(11-18)21(17)15-6-4-3-5-7-15/h3-10H,11H2,1-2H3. The summed E-state index contributed by atoms with van der Waals surface area (Å²) in [5.41, 5.74) is 4.57. The van der Waals surface area contributed by atoms with Gasteiger partial charge in [0.1, 0.15) is 0 Å². The number of para-hydroxylation sites is 1. The van der Waals surface area contributed by atoms with Crippen LogP contribution < -0.4 is 0 Å². The highest BCUT2D eigenvalue weighted by Gasteiger charge is 2.15. The largest absolute Gasteiger partial charge is 0.278 e. The van der Waals surface area contributed by atoms with Crippen molar-refractivity contribution in [1.29, 1.82) is 0 Å². The van der Waals surface area contributed by atoms with E-state index in [1.54, 1.807) is 0 Å². The van der Waals surface area contributed by atoms with Crippen LogP contribution in [-0.2, 0) is 5.88 Å². The molecule has 4 heteroatoms. The van der Waals surface area contributed by atoms with Gasteiger partial charge >= 0.3 is 0 Å². The van der Waals surface area contributed by atoms with E-state index in [1.165, 1.54) is 11.1 Å². The maximum absolute atomic E-state index is 6.02. The lowest BCUT2D eigenvalue weighted by molar-refractivity contribution is 0.953. The molecule has 0 N–H and O–H groups in total. The number of rotatable bonds is 3. The van der Waals surface area contributed by atoms with Crippen LogP contribution in [0, 0.1) is 13.8 Å². The minimum Gasteiger partial charge on any atom is -0.278 e. The summed E-state index contributed by atoms with van der Waals surface area (Å²) in [6.45, 7) is 4.20. The van der Waals surface area contributed by atoms with Crippen molar-refractivity contribution in [3.63, 3.8) is 0 Å². The average Bonchev–Trinajstić information content (AvgIpc) is 2.95. The Morgan fingerprint density at radius 3 is 2.38 bits per heavy atom. The van der Waals surface area contributed by atoms with E-state index in [-0.39, 0.29) is 0 Å². The number of alkyl halides is 1. The molecule has 1 aromatic heterocycles. The van der Waals surface area contributed by atoms with Gasteiger partial charge in [-0.2, -0.15) is 0 Å². The summed E-state index contributed by atoms with van der Waals surface area (Å²) in [5.74, 6) is 1.89. The maximum Gasteiger partial charge on any atom is 0.168 e. The van der Waals surface area contributed by atoms with Crippen LogP contribution in [0.15, 0.2) is 48.5 Å². The lowest BCUT2D eigenvalue weighted by Gasteiger charge is -2.10. The monoisotopic (exact) mass is 297 g/mol. The Morgan fingerprint density at radius 1 is 0.952 bits per heavy atom. The van der Waals surface area contributed by atoms with E-state index >= 15 is 0 Å². The van der Waals surface area contributed by atoms with Gasteiger partial charge in [-0.25, -0.2) is 0 Å². The van der Waals surface area contributed by atoms with E-state index in [2.05, 4.69) is 42.2 Å². The van der Waals surface area contributed by atoms with Gasteiger partial charge in [-0.15, -0.1) is 21.8 Å². The smallest absolute Gasteiger partial charge is 0.168 e. The van der Waals surface area contributed by atoms with Crippen LogP contribution in [0.3, 0.4) is 0 Å². The molecule has 21 heavy (non-hydrogen) atoms. The highest BCUT2D eigenvalue weighted by Crippen LogP contribution is 2.25. The first-order valence-corrected chi connectivity index (χ1v) is 7.37. The maximum atomic E-state index is 6.02. The lowest BCUT2D eigenvalue weighted by Crippen LogP contribution is -2.01. The van der Waals surface area contributed by atoms with Crippen molar-refractivity contribution in [3.05, 3.63) is 65.5 Å². The molecule has 2 aromatic carbocycles. The zero-order valence-corrected chi connectivity index (χ0v) is 12.8. The van der Waals surface area contributed by atoms with Crippen LogP contribution in [0.5, 0.6) is 0 Å². The number of aryl methyl sites for hydroxylation is 2. The SMILES string of the molecule is Cc1ccc(-c2nnc(CCl)n2-c2ccccc2)cc1C. The zero-order valence-electron chi connectivity index (χ0n) is 12.0. The lowest BCUT2D eigenvalue weighted by atomic mass is 10.1. The van der Waals surface area contributed by atoms with Crippen molar-refractivity contribution >= 4 is 11.6 Å². The van der Waals surface area contributed by atoms with Crippen molar-refractivity contribution in [2.45, 2.75) is 19.7 Å². The molecule has 3 rings (SSSR count). The van der Waals surface area contributed by atoms with Crippen molar-refractivity contribution in [3.8, 4) is 17.1 Å². The molecule has 0 radical (unpaired) electrons. The predicted molar refractivity (Wildman–Crippen MR) is 85.8 cm³/mol. The Labute approximate surface area is 129 Å². The molecule has 0 fully saturated rings. The van der Waals surface area contributed by atoms with Gasteiger partial charge in [0.15, 0.2) is 11.6 Å². The third-order valence-corrected chi connectivity index (χ3v) is 3.87. The van der Waals surface area contributed by atoms with Crippen LogP contribution in [0.1, 0.15) is 17.0 Å². The molecule has 0 amide bonds. The Bertz CT molecular complexity index is 763. The molecule has 0 aliphatic heterocycles. The highest BCUT2D eigenvalue weighted by molar-refractivity contribution is 6.16. The molecule has 3 nitrogen and oxygen atoms in total. The summed E-state index contributed by atoms with van der Waals surface area (Å²) in [7, 11) is 0. The molecule has 1 heterocycles. The van der Waals surface area contributed by atoms with E-state index < -0.39 is 0 Å². The second kappa shape index (κ2) is 5.70. The van der Waals surface area contributed by atoms with Crippen LogP contribution in [0.4, 0.5) is 0 Å². The quantitative estimate of drug-likeness (QED) is 0.675. The summed E-state index contributed by atoms with van der Waals surface area (Å²) in [4.78, 5) is 0. The van der Waals surface area contributed by atoms with Crippen LogP contribution in [-0.4, -0.2) is 14.8 Å². The molecule has 0 spiro atoms. The number of aromatic nitrogens is 3. The first-order valence-electron chi connectivity index (χ1n) is 6.84. The first-order chi connectivity index (χ1) is 10.2. The van der Waals surface area contributed by atoms with Gasteiger partial charge in [0, 0.05) is 11.3 Å². The molecule has 0 aliphatic carbocycles. The van der Waals surface area contributed by atoms with Crippen molar-refractivity contribution < 1.29 is 0 Å². The van der Waals surface area contributed by atoms with Crippen molar-refractivity contribution in [2.24, 2.45) is 0 Å². The van der Waals surface area contributed by atoms with E-state index in [9.17, 15) is 0 Å². The molecule has 0 bridgehead atoms. The summed E-state index contributed by atoms with van der Waals surface area (Å²) in [5, 5.41) is 8.55. The van der Waals surface area contributed by atoms with E-state index in [0.29, 0.717) is 5.88 Å². The van der Waals surface area contributed by atoms with Gasteiger partial charge in [0.25, 0.3) is 0 Å². The number of benzene rings is 2. The first kappa shape index (κ1) is 13.8. The third kappa shape index (κ3) is 2.57. The summed E-state index contributed by atoms with van der Waals surface area (Å²) in [6, 6.07) is 16.4. The van der Waals surface area contributed by atoms with E-state index in [1.807, 2.05) is 34.9 Å². The minimum absolute atomic E-state index is 0.326. The van der Waals surface area contributed by atoms with Crippen molar-refractivity contribution in [1.82, 2.24) is 14.8 Å². The average molecular weight is 298 g/mol. The molecule has 0 aliphatic rings. The molecule has 0 unspecified atom stereocenters. The Balaban J connectivity index is 2.20. The number of nitrogens with zero attached hydrogens (tertiary/aromatic N) is 3. The third-order valence-electron chi connectivity index (χ3n) is 3.63. The topological polar surface area (TPSA) is 30.7 Å². The molecule has 0 saturated heterocycles. The Morgan fingerprint density at radius 2 is 1.71 bits per heavy atom. The Hall–Kier alpha value is -2.13. The minimum atomic E-state index is 0.326. The van der Waals surface area contributed by atoms with E-state index in [0.717, 1.165) is 22.9 Å². The van der Waals surface area contributed by atoms with Gasteiger partial charge in [-0.1, -0.05) is 30.3 Å². The molecule has 3 aromatic rings. The van der Waals surface area contributed by atoms with Crippen molar-refractivity contribution in [2.75, 3.05) is 0 Å². The fourth-order valence-corrected chi connectivity index (χ4v) is 2.49. The van der Waals surface area contributed by atoms with Gasteiger partial charge in [-0.05, 0) is 43.2 Å². The summed E-state index contributed by atoms with van der Waals surface area (Å²) in [6.07, 6.45) is 0. The predicted octanol–water partition coefficient (Wildman–Crippen LogP) is 4.29. The second-order valence-corrected chi connectivity index (χ2v) is 5.31. The van der Waals surface area contributed by atoms with Crippen LogP contribution >= 0.6 is 11.6 Å². The van der Waals surface area contributed by atoms with Gasteiger partial charge < -0.3 is 0 Å². The molecule has 106 valence electrons. The number of hydrogen-bond acceptors (Lipinski definition) is 2. The number of hydrogen-bond donors (Lipinski definition) is 0. The van der Waals surface area contributed by atoms with E-state index in [4.69, 9.17) is 11.6 Å². The van der Waals surface area contributed by atoms with Crippen LogP contribution in [0.2, 0.25) is 0 Å². The van der Waals surface area contributed by atoms with Crippen LogP contribution in [0.25, 0.3) is 17.1 Å². The second-order valence-electron chi connectivity index (χ2n) is 5.04. The van der Waals surface area contributed by atoms with Gasteiger partial charge in [0.05, 0.1) is 5.88 Å². The van der Waals surface area contributed by atoms with Gasteiger partial charge in [-0.3, -0.25) is 4.57 Å². The fraction of sp³-hybridized carbons (Fsp3) is 0.176. The molecule has 0 atom stereocenters. The molecular formula is C17H16ClN3. The summed E-state index contributed by atoms with van der Waals surface area (Å²) >= 11 is 6.02. The molecule has 0 saturated carbocycles. The van der Waals surface area contributed by atoms with Gasteiger partial charge in [0.2, 0.25) is 0 Å². The zero-order chi connectivity index (χ0) is 14.8. The number of halogens is 1. The summed E-state index contributed by atoms with van der Waals surface area (Å²) < 4.78 is 2.01. The molecular weight excluding hydrogens is 282 g/mol.